The fraction of sp³-hybridized carbons (Fsp3) is 0.475. The first-order valence-electron chi connectivity index (χ1n) is 28.0. The quantitative estimate of drug-likeness (QED) is 0.0316. The number of benzene rings is 3. The molecule has 0 bridgehead atoms. The van der Waals surface area contributed by atoms with Crippen molar-refractivity contribution in [3.63, 3.8) is 0 Å². The number of aromatic nitrogens is 2. The van der Waals surface area contributed by atoms with E-state index in [9.17, 15) is 53.0 Å². The molecule has 83 heavy (non-hydrogen) atoms. The lowest BCUT2D eigenvalue weighted by atomic mass is 9.88. The number of hydrogen-bond donors (Lipinski definition) is 7. The van der Waals surface area contributed by atoms with Crippen LogP contribution in [0.2, 0.25) is 0 Å². The van der Waals surface area contributed by atoms with E-state index in [0.717, 1.165) is 28.7 Å². The maximum absolute atomic E-state index is 15.4. The predicted octanol–water partition coefficient (Wildman–Crippen LogP) is 4.68. The lowest BCUT2D eigenvalue weighted by molar-refractivity contribution is -0.146. The number of aliphatic hydroxyl groups is 2. The molecule has 4 aromatic rings. The topological polar surface area (TPSA) is 297 Å². The number of anilines is 1. The summed E-state index contributed by atoms with van der Waals surface area (Å²) in [4.78, 5) is 112. The molecule has 0 unspecified atom stereocenters. The van der Waals surface area contributed by atoms with Gasteiger partial charge < -0.3 is 61.1 Å². The number of β-amino-alcohol motifs (C(OH)–C–C–N with tert-alkyl or cyclic N) is 1. The number of imide groups is 1. The van der Waals surface area contributed by atoms with E-state index in [1.807, 2.05) is 30.3 Å². The van der Waals surface area contributed by atoms with Gasteiger partial charge in [-0.2, -0.15) is 0 Å². The van der Waals surface area contributed by atoms with Crippen LogP contribution in [0.1, 0.15) is 95.1 Å². The number of ether oxygens (including phenoxy) is 2. The van der Waals surface area contributed by atoms with Crippen molar-refractivity contribution in [1.29, 1.82) is 0 Å². The summed E-state index contributed by atoms with van der Waals surface area (Å²) in [6, 6.07) is 15.2. The van der Waals surface area contributed by atoms with Crippen LogP contribution in [-0.4, -0.2) is 152 Å². The number of carbonyl (C=O) groups is 8. The van der Waals surface area contributed by atoms with Crippen LogP contribution >= 0.6 is 0 Å². The molecule has 0 radical (unpaired) electrons. The van der Waals surface area contributed by atoms with Crippen molar-refractivity contribution in [2.24, 2.45) is 23.5 Å². The Kier molecular flexibility index (Phi) is 22.4. The van der Waals surface area contributed by atoms with Crippen molar-refractivity contribution in [3.05, 3.63) is 120 Å². The molecule has 9 amide bonds. The minimum Gasteiger partial charge on any atom is -0.445 e. The molecule has 1 aromatic heterocycles. The summed E-state index contributed by atoms with van der Waals surface area (Å²) in [5, 5.41) is 33.2. The van der Waals surface area contributed by atoms with Gasteiger partial charge in [0, 0.05) is 87.9 Å². The highest BCUT2D eigenvalue weighted by Gasteiger charge is 2.43. The summed E-state index contributed by atoms with van der Waals surface area (Å²) >= 11 is 0. The van der Waals surface area contributed by atoms with Crippen molar-refractivity contribution in [1.82, 2.24) is 40.2 Å². The number of amides is 9. The van der Waals surface area contributed by atoms with E-state index in [0.29, 0.717) is 62.4 Å². The summed E-state index contributed by atoms with van der Waals surface area (Å²) in [7, 11) is 0. The van der Waals surface area contributed by atoms with Crippen LogP contribution in [0.25, 0.3) is 11.3 Å². The monoisotopic (exact) mass is 1150 g/mol. The molecule has 6 atom stereocenters. The average molecular weight is 1150 g/mol. The number of imidazole rings is 1. The smallest absolute Gasteiger partial charge is 0.410 e. The second-order valence-corrected chi connectivity index (χ2v) is 21.5. The Bertz CT molecular complexity index is 2940. The molecule has 3 aliphatic rings. The Hall–Kier alpha value is -8.09. The van der Waals surface area contributed by atoms with Gasteiger partial charge in [-0.25, -0.2) is 23.4 Å². The lowest BCUT2D eigenvalue weighted by Gasteiger charge is -2.40. The molecule has 446 valence electrons. The van der Waals surface area contributed by atoms with Crippen LogP contribution in [0.5, 0.6) is 0 Å². The molecule has 2 fully saturated rings. The van der Waals surface area contributed by atoms with Gasteiger partial charge in [0.2, 0.25) is 17.7 Å². The van der Waals surface area contributed by atoms with E-state index >= 15 is 4.39 Å². The first-order valence-corrected chi connectivity index (χ1v) is 28.0. The van der Waals surface area contributed by atoms with Gasteiger partial charge >= 0.3 is 12.1 Å². The number of nitrogens with one attached hydrogen (secondary N) is 4. The molecule has 4 heterocycles. The highest BCUT2D eigenvalue weighted by molar-refractivity contribution is 6.12. The van der Waals surface area contributed by atoms with Crippen molar-refractivity contribution in [2.75, 3.05) is 51.3 Å². The van der Waals surface area contributed by atoms with Crippen molar-refractivity contribution >= 4 is 53.3 Å². The zero-order valence-corrected chi connectivity index (χ0v) is 46.8. The van der Waals surface area contributed by atoms with E-state index in [1.54, 1.807) is 48.9 Å². The number of nitrogens with two attached hydrogens (primary N) is 1. The molecule has 3 aliphatic heterocycles. The molecule has 7 rings (SSSR count). The largest absolute Gasteiger partial charge is 0.445 e. The summed E-state index contributed by atoms with van der Waals surface area (Å²) in [5.41, 5.74) is 7.03. The molecular formula is C59H74F2N10O12. The number of likely N-dealkylation sites (tertiary alicyclic amines) is 1. The maximum Gasteiger partial charge on any atom is 0.410 e. The van der Waals surface area contributed by atoms with Crippen molar-refractivity contribution in [2.45, 2.75) is 116 Å². The van der Waals surface area contributed by atoms with Crippen molar-refractivity contribution in [3.8, 4) is 11.3 Å². The second kappa shape index (κ2) is 29.8. The maximum atomic E-state index is 15.4. The highest BCUT2D eigenvalue weighted by atomic mass is 19.1. The molecular weight excluding hydrogens is 1080 g/mol. The minimum atomic E-state index is -1.49. The van der Waals surface area contributed by atoms with Gasteiger partial charge in [0.15, 0.2) is 0 Å². The molecule has 0 aliphatic carbocycles. The van der Waals surface area contributed by atoms with Crippen LogP contribution in [0.3, 0.4) is 0 Å². The molecule has 2 saturated heterocycles. The number of carbonyl (C=O) groups excluding carboxylic acids is 8. The zero-order valence-electron chi connectivity index (χ0n) is 46.8. The first kappa shape index (κ1) is 62.5. The number of nitrogens with zero attached hydrogens (tertiary/aromatic N) is 5. The molecule has 8 N–H and O–H groups in total. The van der Waals surface area contributed by atoms with Crippen LogP contribution < -0.4 is 27.0 Å². The van der Waals surface area contributed by atoms with Crippen LogP contribution in [0.15, 0.2) is 91.1 Å². The first-order chi connectivity index (χ1) is 39.8. The molecule has 3 aromatic carbocycles. The van der Waals surface area contributed by atoms with Crippen LogP contribution in [-0.2, 0) is 51.4 Å². The molecule has 0 spiro atoms. The van der Waals surface area contributed by atoms with Gasteiger partial charge in [0.25, 0.3) is 17.7 Å². The van der Waals surface area contributed by atoms with Gasteiger partial charge in [0.05, 0.1) is 24.4 Å². The number of aliphatic hydroxyl groups excluding tert-OH is 2. The van der Waals surface area contributed by atoms with Gasteiger partial charge in [-0.15, -0.1) is 0 Å². The summed E-state index contributed by atoms with van der Waals surface area (Å²) < 4.78 is 43.2. The number of hydrogen-bond acceptors (Lipinski definition) is 13. The minimum absolute atomic E-state index is 0.0268. The highest BCUT2D eigenvalue weighted by Crippen LogP contribution is 2.39. The third-order valence-corrected chi connectivity index (χ3v) is 14.9. The lowest BCUT2D eigenvalue weighted by Crippen LogP contribution is -2.54. The van der Waals surface area contributed by atoms with Gasteiger partial charge in [-0.1, -0.05) is 62.7 Å². The normalized spacial score (nSPS) is 17.7. The number of primary amides is 1. The van der Waals surface area contributed by atoms with Gasteiger partial charge in [0.1, 0.15) is 42.3 Å². The van der Waals surface area contributed by atoms with E-state index in [-0.39, 0.29) is 100 Å². The van der Waals surface area contributed by atoms with Crippen molar-refractivity contribution < 1.29 is 66.8 Å². The zero-order chi connectivity index (χ0) is 59.7. The molecule has 22 nitrogen and oxygen atoms in total. The van der Waals surface area contributed by atoms with E-state index < -0.39 is 83.6 Å². The number of urea groups is 1. The second-order valence-electron chi connectivity index (χ2n) is 21.5. The average Bonchev–Trinajstić information content (AvgIpc) is 3.55. The predicted molar refractivity (Wildman–Crippen MR) is 299 cm³/mol. The van der Waals surface area contributed by atoms with Gasteiger partial charge in [-0.3, -0.25) is 33.7 Å². The van der Waals surface area contributed by atoms with E-state index in [4.69, 9.17) is 20.2 Å². The number of unbranched alkanes of at least 4 members (excludes halogenated alkanes) is 2. The van der Waals surface area contributed by atoms with E-state index in [2.05, 4.69) is 21.3 Å². The van der Waals surface area contributed by atoms with Crippen LogP contribution in [0, 0.1) is 29.4 Å². The third-order valence-electron chi connectivity index (χ3n) is 14.9. The Balaban J connectivity index is 0.976. The molecule has 24 heteroatoms. The third kappa shape index (κ3) is 17.5. The Morgan fingerprint density at radius 2 is 1.58 bits per heavy atom. The Labute approximate surface area is 480 Å². The summed E-state index contributed by atoms with van der Waals surface area (Å²) in [5.74, 6) is -5.37. The molecule has 0 saturated carbocycles. The summed E-state index contributed by atoms with van der Waals surface area (Å²) in [6.45, 7) is 5.69. The Morgan fingerprint density at radius 3 is 2.25 bits per heavy atom. The standard InChI is InChI=1S/C59H74F2N10O12/c1-36(2)52(67-49(74)14-8-5-9-26-70-50(75)21-22-51(70)76)56(78)66-46(13-10-25-63-58(62)80)55(77)64-43-18-15-39(16-19-43)35-83-59(81)69-31-41(48(73)34-69)32-71(57(79)37(3)72)53(40-23-27-82-28-24-40)54-65-47(44-29-42(60)17-20-45(44)61)33-68(54)30-38-11-6-4-7-12-38/h4,6-7,11-12,15-22,29,33,36-37,40-41,46,48,52-53,72-73H,5,8-10,13-14,23-28,30-32,34-35H2,1-3H3,(H,64,77)(H,66,78)(H,67,74)(H3,62,63,80)/t37-,41-,46-,48+,52-,53+/m0/s1. The van der Waals surface area contributed by atoms with E-state index in [1.165, 1.54) is 28.9 Å². The number of halogens is 2. The fourth-order valence-corrected chi connectivity index (χ4v) is 10.4. The van der Waals surface area contributed by atoms with Gasteiger partial charge in [-0.05, 0) is 98.7 Å². The SMILES string of the molecule is CC(C)[C@H](NC(=O)CCCCCN1C(=O)C=CC1=O)C(=O)N[C@@H](CCCNC(N)=O)C(=O)Nc1ccc(COC(=O)N2C[C@@H](CN(C(=O)[C@H](C)O)[C@@H](c3nc(-c4cc(F)ccc4F)cn3Cc3ccccc3)C3CCOCC3)[C@H](O)C2)cc1. The Morgan fingerprint density at radius 1 is 0.867 bits per heavy atom. The fourth-order valence-electron chi connectivity index (χ4n) is 10.4. The number of rotatable bonds is 27. The summed E-state index contributed by atoms with van der Waals surface area (Å²) in [6.07, 6.45) is 3.60. The van der Waals surface area contributed by atoms with Crippen LogP contribution in [0.4, 0.5) is 24.1 Å².